The number of nitro benzene ring substituents is 1. The monoisotopic (exact) mass is 303 g/mol. The van der Waals surface area contributed by atoms with E-state index < -0.39 is 4.92 Å². The molecule has 0 aliphatic heterocycles. The van der Waals surface area contributed by atoms with Crippen LogP contribution in [-0.2, 0) is 0 Å². The maximum absolute atomic E-state index is 11.0. The van der Waals surface area contributed by atoms with Gasteiger partial charge in [0.15, 0.2) is 0 Å². The maximum atomic E-state index is 11.0. The quantitative estimate of drug-likeness (QED) is 0.291. The highest BCUT2D eigenvalue weighted by Gasteiger charge is 2.15. The third-order valence-corrected chi connectivity index (χ3v) is 2.50. The zero-order valence-electron chi connectivity index (χ0n) is 14.0. The van der Waals surface area contributed by atoms with Gasteiger partial charge in [-0.2, -0.15) is 0 Å². The summed E-state index contributed by atoms with van der Waals surface area (Å²) in [6.07, 6.45) is 10.2. The third kappa shape index (κ3) is 6.88. The molecule has 0 saturated heterocycles. The van der Waals surface area contributed by atoms with Gasteiger partial charge < -0.3 is 4.74 Å². The molecule has 0 bridgehead atoms. The number of aryl methyl sites for hydroxylation is 1. The van der Waals surface area contributed by atoms with Crippen LogP contribution >= 0.6 is 0 Å². The summed E-state index contributed by atoms with van der Waals surface area (Å²) in [6.45, 7) is 9.77. The van der Waals surface area contributed by atoms with Gasteiger partial charge >= 0.3 is 5.69 Å². The van der Waals surface area contributed by atoms with E-state index in [2.05, 4.69) is 0 Å². The van der Waals surface area contributed by atoms with Crippen LogP contribution in [0.4, 0.5) is 5.69 Å². The predicted octanol–water partition coefficient (Wildman–Crippen LogP) is 5.73. The van der Waals surface area contributed by atoms with Crippen molar-refractivity contribution in [3.8, 4) is 5.75 Å². The lowest BCUT2D eigenvalue weighted by Crippen LogP contribution is -1.97. The van der Waals surface area contributed by atoms with Crippen LogP contribution in [0.3, 0.4) is 0 Å². The summed E-state index contributed by atoms with van der Waals surface area (Å²) in [7, 11) is 0. The normalized spacial score (nSPS) is 11.4. The molecule has 0 atom stereocenters. The fraction of sp³-hybridized carbons (Fsp3) is 0.333. The van der Waals surface area contributed by atoms with Gasteiger partial charge in [0, 0.05) is 6.07 Å². The van der Waals surface area contributed by atoms with Gasteiger partial charge in [0.1, 0.15) is 5.76 Å². The van der Waals surface area contributed by atoms with Crippen LogP contribution < -0.4 is 4.74 Å². The second kappa shape index (κ2) is 11.3. The van der Waals surface area contributed by atoms with Crippen molar-refractivity contribution in [1.82, 2.24) is 0 Å². The lowest BCUT2D eigenvalue weighted by atomic mass is 10.2. The summed E-state index contributed by atoms with van der Waals surface area (Å²) < 4.78 is 5.66. The van der Waals surface area contributed by atoms with Gasteiger partial charge in [0.05, 0.1) is 4.92 Å². The summed E-state index contributed by atoms with van der Waals surface area (Å²) in [6, 6.07) is 4.82. The Hall–Kier alpha value is -2.36. The van der Waals surface area contributed by atoms with Crippen LogP contribution in [0, 0.1) is 17.0 Å². The predicted molar refractivity (Wildman–Crippen MR) is 92.1 cm³/mol. The van der Waals surface area contributed by atoms with E-state index in [0.29, 0.717) is 5.76 Å². The average Bonchev–Trinajstić information content (AvgIpc) is 2.49. The Kier molecular flexibility index (Phi) is 10.1. The Labute approximate surface area is 133 Å². The van der Waals surface area contributed by atoms with Gasteiger partial charge in [-0.25, -0.2) is 0 Å². The van der Waals surface area contributed by atoms with Crippen LogP contribution in [0.15, 0.2) is 54.3 Å². The van der Waals surface area contributed by atoms with Crippen LogP contribution in [-0.4, -0.2) is 4.92 Å². The molecule has 0 fully saturated rings. The van der Waals surface area contributed by atoms with Gasteiger partial charge in [-0.15, -0.1) is 0 Å². The van der Waals surface area contributed by atoms with E-state index in [0.717, 1.165) is 12.0 Å². The highest BCUT2D eigenvalue weighted by atomic mass is 16.6. The van der Waals surface area contributed by atoms with E-state index in [-0.39, 0.29) is 11.4 Å². The molecule has 22 heavy (non-hydrogen) atoms. The molecule has 0 N–H and O–H groups in total. The standard InChI is InChI=1S/C16H19NO3.C2H6/c1-4-6-7-9-14(8-5-2)20-16-12-13(3)10-11-15(16)17(18)19;1-2/h5-12H,4H2,1-3H3;1-2H3/b7-6-,8-5-,14-9+;. The lowest BCUT2D eigenvalue weighted by Gasteiger charge is -2.07. The molecule has 0 unspecified atom stereocenters. The molecule has 0 aromatic heterocycles. The summed E-state index contributed by atoms with van der Waals surface area (Å²) in [5.74, 6) is 0.815. The number of nitrogens with zero attached hydrogens (tertiary/aromatic N) is 1. The van der Waals surface area contributed by atoms with Crippen molar-refractivity contribution in [2.45, 2.75) is 41.0 Å². The van der Waals surface area contributed by atoms with Crippen molar-refractivity contribution in [2.75, 3.05) is 0 Å². The number of benzene rings is 1. The van der Waals surface area contributed by atoms with Crippen molar-refractivity contribution >= 4 is 5.69 Å². The van der Waals surface area contributed by atoms with E-state index in [9.17, 15) is 10.1 Å². The molecule has 1 rings (SSSR count). The second-order valence-corrected chi connectivity index (χ2v) is 4.24. The summed E-state index contributed by atoms with van der Waals surface area (Å²) in [4.78, 5) is 10.6. The topological polar surface area (TPSA) is 52.4 Å². The van der Waals surface area contributed by atoms with Crippen molar-refractivity contribution < 1.29 is 9.66 Å². The Morgan fingerprint density at radius 2 is 2.05 bits per heavy atom. The average molecular weight is 303 g/mol. The molecule has 1 aromatic carbocycles. The van der Waals surface area contributed by atoms with E-state index in [1.54, 1.807) is 24.3 Å². The summed E-state index contributed by atoms with van der Waals surface area (Å²) >= 11 is 0. The van der Waals surface area contributed by atoms with Crippen LogP contribution in [0.1, 0.15) is 39.7 Å². The number of rotatable bonds is 6. The Morgan fingerprint density at radius 1 is 1.36 bits per heavy atom. The Morgan fingerprint density at radius 3 is 2.59 bits per heavy atom. The molecule has 4 heteroatoms. The highest BCUT2D eigenvalue weighted by molar-refractivity contribution is 5.49. The molecule has 0 amide bonds. The Balaban J connectivity index is 0.00000211. The minimum absolute atomic E-state index is 0.0366. The van der Waals surface area contributed by atoms with Gasteiger partial charge in [-0.1, -0.05) is 45.1 Å². The van der Waals surface area contributed by atoms with Crippen molar-refractivity contribution in [1.29, 1.82) is 0 Å². The third-order valence-electron chi connectivity index (χ3n) is 2.50. The molecule has 0 radical (unpaired) electrons. The summed E-state index contributed by atoms with van der Waals surface area (Å²) in [5.41, 5.74) is 0.875. The SMILES string of the molecule is CC.C\C=C/C(=C\C=C/CC)Oc1cc(C)ccc1[N+](=O)[O-]. The first-order chi connectivity index (χ1) is 10.6. The van der Waals surface area contributed by atoms with E-state index in [4.69, 9.17) is 4.74 Å². The molecule has 0 aliphatic carbocycles. The molecule has 0 spiro atoms. The molecule has 0 heterocycles. The van der Waals surface area contributed by atoms with Gasteiger partial charge in [0.2, 0.25) is 5.75 Å². The number of hydrogen-bond donors (Lipinski definition) is 0. The van der Waals surface area contributed by atoms with Crippen LogP contribution in [0.5, 0.6) is 5.75 Å². The van der Waals surface area contributed by atoms with E-state index in [1.807, 2.05) is 52.8 Å². The minimum Gasteiger partial charge on any atom is -0.450 e. The number of allylic oxidation sites excluding steroid dienone is 5. The molecule has 4 nitrogen and oxygen atoms in total. The zero-order chi connectivity index (χ0) is 17.0. The van der Waals surface area contributed by atoms with E-state index in [1.165, 1.54) is 6.07 Å². The highest BCUT2D eigenvalue weighted by Crippen LogP contribution is 2.29. The number of nitro groups is 1. The zero-order valence-corrected chi connectivity index (χ0v) is 14.0. The summed E-state index contributed by atoms with van der Waals surface area (Å²) in [5, 5.41) is 11.0. The number of ether oxygens (including phenoxy) is 1. The van der Waals surface area contributed by atoms with Crippen molar-refractivity contribution in [3.63, 3.8) is 0 Å². The fourth-order valence-corrected chi connectivity index (χ4v) is 1.57. The van der Waals surface area contributed by atoms with E-state index >= 15 is 0 Å². The molecular formula is C18H25NO3. The fourth-order valence-electron chi connectivity index (χ4n) is 1.57. The Bertz CT molecular complexity index is 557. The van der Waals surface area contributed by atoms with Crippen LogP contribution in [0.2, 0.25) is 0 Å². The molecular weight excluding hydrogens is 278 g/mol. The first-order valence-electron chi connectivity index (χ1n) is 7.51. The van der Waals surface area contributed by atoms with Crippen LogP contribution in [0.25, 0.3) is 0 Å². The molecule has 0 saturated carbocycles. The smallest absolute Gasteiger partial charge is 0.311 e. The van der Waals surface area contributed by atoms with Crippen molar-refractivity contribution in [2.24, 2.45) is 0 Å². The second-order valence-electron chi connectivity index (χ2n) is 4.24. The first-order valence-corrected chi connectivity index (χ1v) is 7.51. The first kappa shape index (κ1) is 19.6. The van der Waals surface area contributed by atoms with Crippen molar-refractivity contribution in [3.05, 3.63) is 70.0 Å². The molecule has 1 aromatic rings. The van der Waals surface area contributed by atoms with Gasteiger partial charge in [-0.05, 0) is 44.1 Å². The largest absolute Gasteiger partial charge is 0.450 e. The van der Waals surface area contributed by atoms with Gasteiger partial charge in [0.25, 0.3) is 0 Å². The molecule has 0 aliphatic rings. The minimum atomic E-state index is -0.441. The number of hydrogen-bond acceptors (Lipinski definition) is 3. The maximum Gasteiger partial charge on any atom is 0.311 e. The molecule has 120 valence electrons. The van der Waals surface area contributed by atoms with Gasteiger partial charge in [-0.3, -0.25) is 10.1 Å². The lowest BCUT2D eigenvalue weighted by molar-refractivity contribution is -0.385.